The summed E-state index contributed by atoms with van der Waals surface area (Å²) in [6, 6.07) is 53.0. The van der Waals surface area contributed by atoms with Crippen LogP contribution in [0.5, 0.6) is 5.75 Å². The van der Waals surface area contributed by atoms with Gasteiger partial charge in [-0.3, -0.25) is 9.55 Å². The maximum Gasteiger partial charge on any atom is 0.149 e. The van der Waals surface area contributed by atoms with Crippen molar-refractivity contribution in [1.29, 1.82) is 0 Å². The van der Waals surface area contributed by atoms with E-state index in [0.717, 1.165) is 83.6 Å². The number of rotatable bonds is 8. The van der Waals surface area contributed by atoms with Crippen LogP contribution in [0, 0.1) is 6.85 Å². The second-order valence-electron chi connectivity index (χ2n) is 24.8. The molecule has 1 N–H and O–H groups in total. The molecule has 0 spiro atoms. The number of phenolic OH excluding ortho intramolecular Hbond substituents is 1. The van der Waals surface area contributed by atoms with Crippen LogP contribution in [-0.4, -0.2) is 38.4 Å². The normalized spacial score (nSPS) is 13.7. The number of phenols is 1. The lowest BCUT2D eigenvalue weighted by Gasteiger charge is -2.28. The van der Waals surface area contributed by atoms with E-state index in [4.69, 9.17) is 14.1 Å². The van der Waals surface area contributed by atoms with Crippen LogP contribution in [0.25, 0.3) is 83.9 Å². The number of aromatic hydroxyl groups is 1. The van der Waals surface area contributed by atoms with Crippen molar-refractivity contribution < 1.29 is 9.22 Å². The molecule has 0 bridgehead atoms. The van der Waals surface area contributed by atoms with Crippen LogP contribution >= 0.6 is 10.0 Å². The van der Waals surface area contributed by atoms with Crippen molar-refractivity contribution in [2.75, 3.05) is 18.8 Å². The highest BCUT2D eigenvalue weighted by atomic mass is 32.3. The molecule has 9 rings (SSSR count). The molecule has 0 aliphatic carbocycles. The van der Waals surface area contributed by atoms with E-state index in [0.29, 0.717) is 22.5 Å². The number of pyridine rings is 1. The molecule has 0 saturated heterocycles. The van der Waals surface area contributed by atoms with Crippen molar-refractivity contribution in [3.63, 3.8) is 0 Å². The highest BCUT2D eigenvalue weighted by molar-refractivity contribution is 8.32. The molecule has 0 fully saturated rings. The molecule has 73 heavy (non-hydrogen) atoms. The standard InChI is InChI=1S/C68H75N3OS/c1-43-35-46(44-25-29-53(30-26-44)73(14,15)16)27-31-54(43)47-33-34-69-59(39-47)49-36-48(37-51(38-49)66(5,6)7)55-23-20-24-61-62(55)70-64(57-41-52(67(8,9)10)42-58(63(57)72)68(11,12)13)71(61)60-32-28-50(65(2,3)4)40-56(60)45-21-18-17-19-22-45/h17-42,72H,1-16H3/i1D3. The Hall–Kier alpha value is -6.69. The second-order valence-corrected chi connectivity index (χ2v) is 29.0. The first-order valence-electron chi connectivity index (χ1n) is 27.0. The number of nitrogens with zero attached hydrogens (tertiary/aromatic N) is 3. The Kier molecular flexibility index (Phi) is 12.1. The van der Waals surface area contributed by atoms with E-state index >= 15 is 0 Å². The van der Waals surface area contributed by atoms with Crippen molar-refractivity contribution in [3.8, 4) is 78.6 Å². The quantitative estimate of drug-likeness (QED) is 0.165. The molecule has 374 valence electrons. The predicted molar refractivity (Wildman–Crippen MR) is 316 cm³/mol. The molecule has 2 aromatic heterocycles. The fourth-order valence-electron chi connectivity index (χ4n) is 9.76. The van der Waals surface area contributed by atoms with Gasteiger partial charge in [-0.05, 0) is 168 Å². The number of fused-ring (bicyclic) bond motifs is 1. The maximum absolute atomic E-state index is 12.7. The Morgan fingerprint density at radius 1 is 0.479 bits per heavy atom. The van der Waals surface area contributed by atoms with Gasteiger partial charge >= 0.3 is 0 Å². The van der Waals surface area contributed by atoms with Gasteiger partial charge in [0.05, 0.1) is 28.0 Å². The topological polar surface area (TPSA) is 50.9 Å². The van der Waals surface area contributed by atoms with Crippen LogP contribution in [0.2, 0.25) is 0 Å². The number of imidazole rings is 1. The minimum atomic E-state index is -2.36. The Morgan fingerprint density at radius 3 is 1.77 bits per heavy atom. The molecule has 9 aromatic rings. The number of hydrogen-bond acceptors (Lipinski definition) is 3. The molecule has 0 unspecified atom stereocenters. The molecule has 7 aromatic carbocycles. The Bertz CT molecular complexity index is 3650. The van der Waals surface area contributed by atoms with Crippen molar-refractivity contribution >= 4 is 21.1 Å². The molecule has 4 nitrogen and oxygen atoms in total. The fourth-order valence-corrected chi connectivity index (χ4v) is 10.7. The minimum Gasteiger partial charge on any atom is -0.507 e. The number of para-hydroxylation sites is 1. The van der Waals surface area contributed by atoms with E-state index in [-0.39, 0.29) is 27.4 Å². The number of aromatic nitrogens is 3. The zero-order valence-corrected chi connectivity index (χ0v) is 46.5. The van der Waals surface area contributed by atoms with Gasteiger partial charge in [-0.1, -0.05) is 174 Å². The first-order chi connectivity index (χ1) is 35.4. The summed E-state index contributed by atoms with van der Waals surface area (Å²) in [5.41, 5.74) is 16.0. The summed E-state index contributed by atoms with van der Waals surface area (Å²) in [7, 11) is -0.901. The lowest BCUT2D eigenvalue weighted by molar-refractivity contribution is 0.446. The summed E-state index contributed by atoms with van der Waals surface area (Å²) in [5.74, 6) is 0.874. The second kappa shape index (κ2) is 18.7. The van der Waals surface area contributed by atoms with Crippen LogP contribution in [-0.2, 0) is 21.7 Å². The van der Waals surface area contributed by atoms with Gasteiger partial charge in [0.1, 0.15) is 11.6 Å². The molecule has 0 saturated carbocycles. The smallest absolute Gasteiger partial charge is 0.149 e. The minimum absolute atomic E-state index is 0.109. The van der Waals surface area contributed by atoms with Crippen molar-refractivity contribution in [2.45, 2.75) is 116 Å². The summed E-state index contributed by atoms with van der Waals surface area (Å²) in [6.07, 6.45) is 8.61. The van der Waals surface area contributed by atoms with E-state index in [2.05, 4.69) is 228 Å². The van der Waals surface area contributed by atoms with Gasteiger partial charge in [0.15, 0.2) is 0 Å². The summed E-state index contributed by atoms with van der Waals surface area (Å²) < 4.78 is 28.5. The van der Waals surface area contributed by atoms with E-state index < -0.39 is 16.9 Å². The Morgan fingerprint density at radius 2 is 1.12 bits per heavy atom. The number of benzene rings is 7. The average Bonchev–Trinajstić information content (AvgIpc) is 3.77. The summed E-state index contributed by atoms with van der Waals surface area (Å²) in [5, 5.41) is 12.7. The first-order valence-corrected chi connectivity index (χ1v) is 28.4. The van der Waals surface area contributed by atoms with Crippen LogP contribution < -0.4 is 0 Å². The largest absolute Gasteiger partial charge is 0.507 e. The van der Waals surface area contributed by atoms with Crippen LogP contribution in [0.1, 0.15) is 115 Å². The van der Waals surface area contributed by atoms with Gasteiger partial charge in [0.25, 0.3) is 0 Å². The van der Waals surface area contributed by atoms with Crippen LogP contribution in [0.15, 0.2) is 163 Å². The number of hydrogen-bond donors (Lipinski definition) is 1. The lowest BCUT2D eigenvalue weighted by atomic mass is 9.79. The molecule has 0 aliphatic heterocycles. The third kappa shape index (κ3) is 10.3. The molecular weight excluding hydrogens is 907 g/mol. The SMILES string of the molecule is [2H]C([2H])([2H])c1cc(-c2ccc(S(C)(C)C)cc2)ccc1-c1ccnc(-c2cc(-c3cccc4c3nc(-c3cc(C(C)(C)C)cc(C(C)(C)C)c3O)n4-c3ccc(C(C)(C)C)cc3-c3ccccc3)cc(C(C)(C)C)c2)c1. The van der Waals surface area contributed by atoms with Crippen molar-refractivity contribution in [1.82, 2.24) is 14.5 Å². The van der Waals surface area contributed by atoms with E-state index in [1.807, 2.05) is 30.3 Å². The van der Waals surface area contributed by atoms with Crippen LogP contribution in [0.3, 0.4) is 0 Å². The molecule has 0 atom stereocenters. The van der Waals surface area contributed by atoms with Gasteiger partial charge in [0, 0.05) is 32.6 Å². The number of aryl methyl sites for hydroxylation is 1. The predicted octanol–water partition coefficient (Wildman–Crippen LogP) is 18.7. The molecule has 0 radical (unpaired) electrons. The van der Waals surface area contributed by atoms with Gasteiger partial charge in [-0.25, -0.2) is 15.0 Å². The first kappa shape index (κ1) is 47.3. The van der Waals surface area contributed by atoms with Gasteiger partial charge in [-0.2, -0.15) is 0 Å². The van der Waals surface area contributed by atoms with Gasteiger partial charge < -0.3 is 5.11 Å². The van der Waals surface area contributed by atoms with Gasteiger partial charge in [0.2, 0.25) is 0 Å². The molecule has 2 heterocycles. The van der Waals surface area contributed by atoms with E-state index in [9.17, 15) is 5.11 Å². The zero-order valence-electron chi connectivity index (χ0n) is 48.7. The van der Waals surface area contributed by atoms with Gasteiger partial charge in [-0.15, -0.1) is 0 Å². The summed E-state index contributed by atoms with van der Waals surface area (Å²) in [6.45, 7) is 24.2. The van der Waals surface area contributed by atoms with E-state index in [1.54, 1.807) is 6.20 Å². The molecule has 5 heteroatoms. The summed E-state index contributed by atoms with van der Waals surface area (Å²) in [4.78, 5) is 12.0. The Labute approximate surface area is 442 Å². The average molecular weight is 985 g/mol. The molecular formula is C68H75N3OS. The van der Waals surface area contributed by atoms with Crippen molar-refractivity contribution in [2.24, 2.45) is 0 Å². The zero-order chi connectivity index (χ0) is 55.1. The highest BCUT2D eigenvalue weighted by Crippen LogP contribution is 2.48. The third-order valence-corrected chi connectivity index (χ3v) is 16.0. The fraction of sp³-hybridized carbons (Fsp3) is 0.294. The van der Waals surface area contributed by atoms with E-state index in [1.165, 1.54) is 10.5 Å². The molecule has 0 amide bonds. The monoisotopic (exact) mass is 985 g/mol. The van der Waals surface area contributed by atoms with Crippen LogP contribution in [0.4, 0.5) is 0 Å². The lowest BCUT2D eigenvalue weighted by Crippen LogP contribution is -2.17. The maximum atomic E-state index is 12.7. The van der Waals surface area contributed by atoms with Crippen molar-refractivity contribution in [3.05, 3.63) is 186 Å². The Balaban J connectivity index is 1.28. The third-order valence-electron chi connectivity index (χ3n) is 14.3. The molecule has 0 aliphatic rings. The summed E-state index contributed by atoms with van der Waals surface area (Å²) >= 11 is 0. The highest BCUT2D eigenvalue weighted by Gasteiger charge is 2.30.